The number of nitrogens with two attached hydrogens (primary N) is 2. The third-order valence-corrected chi connectivity index (χ3v) is 5.30. The van der Waals surface area contributed by atoms with Crippen LogP contribution in [0.5, 0.6) is 0 Å². The molecule has 0 spiro atoms. The predicted octanol–water partition coefficient (Wildman–Crippen LogP) is -2.62. The molecule has 8 N–H and O–H groups in total. The molecule has 1 fully saturated rings. The molecule has 0 radical (unpaired) electrons. The zero-order chi connectivity index (χ0) is 17.0. The first-order chi connectivity index (χ1) is 10.1. The van der Waals surface area contributed by atoms with Crippen LogP contribution in [0.3, 0.4) is 0 Å². The van der Waals surface area contributed by atoms with Crippen LogP contribution in [0.2, 0.25) is 6.32 Å². The van der Waals surface area contributed by atoms with Crippen molar-refractivity contribution in [3.63, 3.8) is 0 Å². The first kappa shape index (κ1) is 22.2. The second-order valence-electron chi connectivity index (χ2n) is 5.43. The molecular weight excluding hydrogens is 327 g/mol. The van der Waals surface area contributed by atoms with Crippen LogP contribution >= 0.6 is 0 Å². The van der Waals surface area contributed by atoms with Crippen LogP contribution in [-0.4, -0.2) is 72.7 Å². The number of carbonyl (C=O) groups is 1. The van der Waals surface area contributed by atoms with Crippen molar-refractivity contribution in [2.75, 3.05) is 26.2 Å². The van der Waals surface area contributed by atoms with Gasteiger partial charge in [-0.3, -0.25) is 4.79 Å². The SMILES string of the molecule is C.NCCNS(=O)(=O)N1C[C@H](CCCB(O)O)[C@](N)(C(=O)O)C1. The van der Waals surface area contributed by atoms with Crippen molar-refractivity contribution in [1.82, 2.24) is 9.03 Å². The quantitative estimate of drug-likeness (QED) is 0.244. The van der Waals surface area contributed by atoms with Crippen molar-refractivity contribution in [1.29, 1.82) is 0 Å². The number of nitrogens with zero attached hydrogens (tertiary/aromatic N) is 1. The summed E-state index contributed by atoms with van der Waals surface area (Å²) in [5, 5.41) is 27.0. The van der Waals surface area contributed by atoms with Crippen LogP contribution in [0.15, 0.2) is 0 Å². The van der Waals surface area contributed by atoms with E-state index in [0.717, 1.165) is 4.31 Å². The summed E-state index contributed by atoms with van der Waals surface area (Å²) < 4.78 is 27.4. The van der Waals surface area contributed by atoms with Crippen LogP contribution in [0, 0.1) is 5.92 Å². The maximum atomic E-state index is 12.1. The van der Waals surface area contributed by atoms with Gasteiger partial charge in [-0.15, -0.1) is 0 Å². The van der Waals surface area contributed by atoms with Gasteiger partial charge in [0.1, 0.15) is 5.54 Å². The van der Waals surface area contributed by atoms with Gasteiger partial charge in [0.25, 0.3) is 10.2 Å². The second-order valence-corrected chi connectivity index (χ2v) is 7.19. The van der Waals surface area contributed by atoms with Gasteiger partial charge in [-0.05, 0) is 12.7 Å². The van der Waals surface area contributed by atoms with Gasteiger partial charge in [0.05, 0.1) is 0 Å². The van der Waals surface area contributed by atoms with Crippen LogP contribution in [0.4, 0.5) is 0 Å². The Morgan fingerprint density at radius 1 is 1.43 bits per heavy atom. The summed E-state index contributed by atoms with van der Waals surface area (Å²) in [6, 6.07) is 0. The van der Waals surface area contributed by atoms with E-state index >= 15 is 0 Å². The van der Waals surface area contributed by atoms with E-state index in [4.69, 9.17) is 21.5 Å². The Hall–Kier alpha value is -0.755. The summed E-state index contributed by atoms with van der Waals surface area (Å²) in [5.41, 5.74) is 9.44. The van der Waals surface area contributed by atoms with Crippen molar-refractivity contribution in [3.05, 3.63) is 0 Å². The summed E-state index contributed by atoms with van der Waals surface area (Å²) in [7, 11) is -5.32. The number of aliphatic carboxylic acids is 1. The average molecular weight is 354 g/mol. The standard InChI is InChI=1S/C10H23BN4O6S.CH4/c12-4-5-14-22(20,21)15-6-8(2-1-3-11(18)19)10(13,7-15)9(16)17;/h8,14,18-19H,1-7,12-13H2,(H,16,17);1H4/t8-,10-;/m0./s1. The molecule has 10 nitrogen and oxygen atoms in total. The Morgan fingerprint density at radius 2 is 2.04 bits per heavy atom. The molecule has 2 atom stereocenters. The molecule has 12 heteroatoms. The number of carboxylic acid groups (broad SMARTS) is 1. The maximum Gasteiger partial charge on any atom is 0.451 e. The lowest BCUT2D eigenvalue weighted by atomic mass is 9.78. The number of nitrogens with one attached hydrogen (secondary N) is 1. The van der Waals surface area contributed by atoms with Crippen LogP contribution in [0.25, 0.3) is 0 Å². The number of rotatable bonds is 9. The Balaban J connectivity index is 0.00000484. The van der Waals surface area contributed by atoms with Gasteiger partial charge < -0.3 is 26.6 Å². The number of hydrogen-bond donors (Lipinski definition) is 6. The lowest BCUT2D eigenvalue weighted by Gasteiger charge is -2.25. The van der Waals surface area contributed by atoms with E-state index in [1.807, 2.05) is 0 Å². The fourth-order valence-electron chi connectivity index (χ4n) is 2.49. The molecule has 1 aliphatic heterocycles. The molecule has 1 rings (SSSR count). The fraction of sp³-hybridized carbons (Fsp3) is 0.909. The summed E-state index contributed by atoms with van der Waals surface area (Å²) >= 11 is 0. The van der Waals surface area contributed by atoms with Crippen molar-refractivity contribution < 1.29 is 28.4 Å². The van der Waals surface area contributed by atoms with E-state index in [9.17, 15) is 18.3 Å². The molecule has 1 heterocycles. The summed E-state index contributed by atoms with van der Waals surface area (Å²) in [5.74, 6) is -1.89. The van der Waals surface area contributed by atoms with Crippen LogP contribution < -0.4 is 16.2 Å². The van der Waals surface area contributed by atoms with Crippen molar-refractivity contribution in [3.8, 4) is 0 Å². The van der Waals surface area contributed by atoms with E-state index in [2.05, 4.69) is 4.72 Å². The summed E-state index contributed by atoms with van der Waals surface area (Å²) in [6.45, 7) is -0.207. The summed E-state index contributed by atoms with van der Waals surface area (Å²) in [6.07, 6.45) is 0.687. The molecule has 0 aromatic rings. The highest BCUT2D eigenvalue weighted by atomic mass is 32.2. The first-order valence-corrected chi connectivity index (χ1v) is 8.40. The highest BCUT2D eigenvalue weighted by Gasteiger charge is 2.52. The number of carboxylic acids is 1. The fourth-order valence-corrected chi connectivity index (χ4v) is 3.81. The minimum Gasteiger partial charge on any atom is -0.480 e. The van der Waals surface area contributed by atoms with Gasteiger partial charge in [0, 0.05) is 32.1 Å². The third kappa shape index (κ3) is 5.67. The zero-order valence-corrected chi connectivity index (χ0v) is 13.0. The van der Waals surface area contributed by atoms with Crippen molar-refractivity contribution >= 4 is 23.3 Å². The largest absolute Gasteiger partial charge is 0.480 e. The lowest BCUT2D eigenvalue weighted by molar-refractivity contribution is -0.144. The molecule has 0 aliphatic carbocycles. The van der Waals surface area contributed by atoms with E-state index in [0.29, 0.717) is 6.42 Å². The third-order valence-electron chi connectivity index (χ3n) is 3.77. The van der Waals surface area contributed by atoms with Gasteiger partial charge in [-0.2, -0.15) is 12.7 Å². The Morgan fingerprint density at radius 3 is 2.52 bits per heavy atom. The maximum absolute atomic E-state index is 12.1. The normalized spacial score (nSPS) is 25.1. The monoisotopic (exact) mass is 354 g/mol. The zero-order valence-electron chi connectivity index (χ0n) is 12.2. The molecule has 0 saturated carbocycles. The first-order valence-electron chi connectivity index (χ1n) is 6.96. The Bertz CT molecular complexity index is 491. The molecular formula is C11H27BN4O6S. The number of hydrogen-bond acceptors (Lipinski definition) is 7. The minimum absolute atomic E-state index is 0. The molecule has 0 bridgehead atoms. The van der Waals surface area contributed by atoms with E-state index in [1.54, 1.807) is 0 Å². The highest BCUT2D eigenvalue weighted by Crippen LogP contribution is 2.31. The molecule has 0 aromatic carbocycles. The minimum atomic E-state index is -3.84. The van der Waals surface area contributed by atoms with Crippen molar-refractivity contribution in [2.24, 2.45) is 17.4 Å². The molecule has 0 aromatic heterocycles. The molecule has 136 valence electrons. The predicted molar refractivity (Wildman–Crippen MR) is 86.6 cm³/mol. The smallest absolute Gasteiger partial charge is 0.451 e. The van der Waals surface area contributed by atoms with E-state index in [1.165, 1.54) is 0 Å². The molecule has 1 aliphatic rings. The van der Waals surface area contributed by atoms with Gasteiger partial charge in [-0.1, -0.05) is 13.8 Å². The summed E-state index contributed by atoms with van der Waals surface area (Å²) in [4.78, 5) is 11.4. The second kappa shape index (κ2) is 8.92. The topological polar surface area (TPSA) is 179 Å². The van der Waals surface area contributed by atoms with E-state index < -0.39 is 34.8 Å². The van der Waals surface area contributed by atoms with Gasteiger partial charge >= 0.3 is 13.1 Å². The molecule has 0 amide bonds. The average Bonchev–Trinajstić information content (AvgIpc) is 2.76. The molecule has 0 unspecified atom stereocenters. The Labute approximate surface area is 137 Å². The molecule has 1 saturated heterocycles. The lowest BCUT2D eigenvalue weighted by Crippen LogP contribution is -2.55. The molecule has 23 heavy (non-hydrogen) atoms. The van der Waals surface area contributed by atoms with Crippen molar-refractivity contribution in [2.45, 2.75) is 32.1 Å². The van der Waals surface area contributed by atoms with Gasteiger partial charge in [0.2, 0.25) is 0 Å². The Kier molecular flexibility index (Phi) is 8.63. The van der Waals surface area contributed by atoms with Crippen LogP contribution in [0.1, 0.15) is 20.3 Å². The van der Waals surface area contributed by atoms with Crippen LogP contribution in [-0.2, 0) is 15.0 Å². The van der Waals surface area contributed by atoms with Gasteiger partial charge in [-0.25, -0.2) is 4.72 Å². The highest BCUT2D eigenvalue weighted by molar-refractivity contribution is 7.87. The van der Waals surface area contributed by atoms with Gasteiger partial charge in [0.15, 0.2) is 0 Å². The van der Waals surface area contributed by atoms with E-state index in [-0.39, 0.29) is 46.3 Å².